The predicted octanol–water partition coefficient (Wildman–Crippen LogP) is 5.21. The molecule has 5 nitrogen and oxygen atoms in total. The number of fused-ring (bicyclic) bond motifs is 6. The molecule has 0 unspecified atom stereocenters. The van der Waals surface area contributed by atoms with Gasteiger partial charge >= 0.3 is 0 Å². The van der Waals surface area contributed by atoms with E-state index in [1.165, 1.54) is 0 Å². The van der Waals surface area contributed by atoms with Crippen LogP contribution in [0.25, 0.3) is 10.8 Å². The molecule has 1 aliphatic heterocycles. The summed E-state index contributed by atoms with van der Waals surface area (Å²) in [6, 6.07) is 19.3. The van der Waals surface area contributed by atoms with Crippen LogP contribution in [0, 0.1) is 23.7 Å². The third-order valence-corrected chi connectivity index (χ3v) is 7.39. The average Bonchev–Trinajstić information content (AvgIpc) is 3.52. The molecule has 0 aromatic heterocycles. The van der Waals surface area contributed by atoms with Gasteiger partial charge in [0.25, 0.3) is 11.8 Å². The summed E-state index contributed by atoms with van der Waals surface area (Å²) in [5.41, 5.74) is 1.59. The highest BCUT2D eigenvalue weighted by Gasteiger charge is 2.59. The molecular weight excluding hydrogens is 436 g/mol. The number of ether oxygens (including phenoxy) is 1. The van der Waals surface area contributed by atoms with Gasteiger partial charge in [-0.1, -0.05) is 72.3 Å². The second-order valence-corrected chi connectivity index (χ2v) is 9.22. The molecule has 2 aliphatic carbocycles. The Bertz CT molecular complexity index is 1320. The summed E-state index contributed by atoms with van der Waals surface area (Å²) in [7, 11) is 0. The molecule has 0 N–H and O–H groups in total. The predicted molar refractivity (Wildman–Crippen MR) is 127 cm³/mol. The Labute approximate surface area is 196 Å². The van der Waals surface area contributed by atoms with E-state index in [0.717, 1.165) is 33.3 Å². The van der Waals surface area contributed by atoms with E-state index < -0.39 is 0 Å². The van der Waals surface area contributed by atoms with Gasteiger partial charge in [0.15, 0.2) is 0 Å². The fraction of sp³-hybridized carbons (Fsp3) is 0.222. The lowest BCUT2D eigenvalue weighted by molar-refractivity contribution is -0.140. The van der Waals surface area contributed by atoms with Crippen molar-refractivity contribution in [2.75, 3.05) is 0 Å². The van der Waals surface area contributed by atoms with Gasteiger partial charge in [0.05, 0.1) is 18.1 Å². The van der Waals surface area contributed by atoms with E-state index in [0.29, 0.717) is 17.4 Å². The minimum Gasteiger partial charge on any atom is -0.488 e. The Morgan fingerprint density at radius 1 is 0.939 bits per heavy atom. The summed E-state index contributed by atoms with van der Waals surface area (Å²) in [5.74, 6) is -0.0131. The van der Waals surface area contributed by atoms with Crippen molar-refractivity contribution in [3.05, 3.63) is 89.0 Å². The Hall–Kier alpha value is -3.44. The second-order valence-electron chi connectivity index (χ2n) is 8.81. The number of hydrazone groups is 1. The summed E-state index contributed by atoms with van der Waals surface area (Å²) in [5, 5.41) is 8.05. The first-order valence-electron chi connectivity index (χ1n) is 11.1. The lowest BCUT2D eigenvalue weighted by atomic mass is 9.85. The van der Waals surface area contributed by atoms with Gasteiger partial charge in [-0.15, -0.1) is 0 Å². The maximum atomic E-state index is 13.0. The Morgan fingerprint density at radius 3 is 2.39 bits per heavy atom. The molecule has 0 spiro atoms. The number of hydrogen-bond acceptors (Lipinski definition) is 4. The number of amides is 2. The average molecular weight is 457 g/mol. The molecule has 33 heavy (non-hydrogen) atoms. The van der Waals surface area contributed by atoms with Crippen LogP contribution in [-0.4, -0.2) is 23.0 Å². The summed E-state index contributed by atoms with van der Waals surface area (Å²) in [6.07, 6.45) is 6.63. The molecular formula is C27H21ClN2O3. The van der Waals surface area contributed by atoms with Crippen molar-refractivity contribution in [1.82, 2.24) is 5.01 Å². The number of benzene rings is 3. The van der Waals surface area contributed by atoms with E-state index >= 15 is 0 Å². The Balaban J connectivity index is 1.33. The number of carbonyl (C=O) groups excluding carboxylic acids is 2. The molecule has 1 saturated heterocycles. The van der Waals surface area contributed by atoms with Crippen LogP contribution in [0.15, 0.2) is 77.9 Å². The van der Waals surface area contributed by atoms with E-state index in [9.17, 15) is 9.59 Å². The summed E-state index contributed by atoms with van der Waals surface area (Å²) < 4.78 is 6.13. The maximum absolute atomic E-state index is 13.0. The van der Waals surface area contributed by atoms with Gasteiger partial charge in [-0.3, -0.25) is 9.59 Å². The van der Waals surface area contributed by atoms with Crippen LogP contribution in [-0.2, 0) is 16.2 Å². The molecule has 3 aliphatic rings. The minimum absolute atomic E-state index is 0.156. The van der Waals surface area contributed by atoms with Gasteiger partial charge in [0.1, 0.15) is 12.4 Å². The fourth-order valence-corrected chi connectivity index (χ4v) is 5.61. The number of nitrogens with zero attached hydrogens (tertiary/aromatic N) is 2. The largest absolute Gasteiger partial charge is 0.488 e. The highest BCUT2D eigenvalue weighted by molar-refractivity contribution is 6.31. The van der Waals surface area contributed by atoms with Gasteiger partial charge in [-0.05, 0) is 41.2 Å². The van der Waals surface area contributed by atoms with Crippen molar-refractivity contribution in [2.45, 2.75) is 13.0 Å². The third-order valence-electron chi connectivity index (χ3n) is 7.02. The zero-order chi connectivity index (χ0) is 22.5. The molecule has 2 bridgehead atoms. The lowest BCUT2D eigenvalue weighted by Crippen LogP contribution is -2.28. The van der Waals surface area contributed by atoms with Gasteiger partial charge in [-0.25, -0.2) is 0 Å². The van der Waals surface area contributed by atoms with Crippen LogP contribution in [0.4, 0.5) is 0 Å². The molecule has 4 atom stereocenters. The van der Waals surface area contributed by atoms with Crippen molar-refractivity contribution in [3.8, 4) is 5.75 Å². The Morgan fingerprint density at radius 2 is 1.64 bits per heavy atom. The molecule has 1 saturated carbocycles. The molecule has 6 rings (SSSR count). The monoisotopic (exact) mass is 456 g/mol. The normalized spacial score (nSPS) is 25.5. The first-order chi connectivity index (χ1) is 16.1. The van der Waals surface area contributed by atoms with E-state index in [-0.39, 0.29) is 35.5 Å². The van der Waals surface area contributed by atoms with E-state index in [1.54, 1.807) is 6.21 Å². The Kier molecular flexibility index (Phi) is 4.80. The van der Waals surface area contributed by atoms with Crippen molar-refractivity contribution in [3.63, 3.8) is 0 Å². The molecule has 3 aromatic rings. The molecule has 3 aromatic carbocycles. The first kappa shape index (κ1) is 20.2. The van der Waals surface area contributed by atoms with Gasteiger partial charge in [-0.2, -0.15) is 10.1 Å². The van der Waals surface area contributed by atoms with Crippen LogP contribution < -0.4 is 4.74 Å². The third kappa shape index (κ3) is 3.26. The van der Waals surface area contributed by atoms with Crippen molar-refractivity contribution in [1.29, 1.82) is 0 Å². The highest BCUT2D eigenvalue weighted by Crippen LogP contribution is 2.52. The molecule has 2 amide bonds. The van der Waals surface area contributed by atoms with Crippen LogP contribution in [0.3, 0.4) is 0 Å². The van der Waals surface area contributed by atoms with Crippen molar-refractivity contribution < 1.29 is 14.3 Å². The quantitative estimate of drug-likeness (QED) is 0.300. The molecule has 164 valence electrons. The standard InChI is InChI=1S/C27H21ClN2O3/c28-22-8-4-2-6-19(22)15-33-23-12-11-16-5-1-3-7-20(16)21(23)14-29-30-26(31)24-17-9-10-18(13-17)25(24)27(30)32/h1-12,14,17-18,24-25H,13,15H2/t17-,18-,24-,25+/m0/s1. The van der Waals surface area contributed by atoms with Crippen LogP contribution >= 0.6 is 11.6 Å². The topological polar surface area (TPSA) is 59.0 Å². The van der Waals surface area contributed by atoms with Crippen molar-refractivity contribution in [2.24, 2.45) is 28.8 Å². The van der Waals surface area contributed by atoms with Crippen molar-refractivity contribution >= 4 is 40.4 Å². The molecule has 6 heteroatoms. The zero-order valence-corrected chi connectivity index (χ0v) is 18.5. The summed E-state index contributed by atoms with van der Waals surface area (Å²) in [6.45, 7) is 0.291. The first-order valence-corrected chi connectivity index (χ1v) is 11.5. The molecule has 0 radical (unpaired) electrons. The number of hydrogen-bond donors (Lipinski definition) is 0. The minimum atomic E-state index is -0.270. The zero-order valence-electron chi connectivity index (χ0n) is 17.7. The van der Waals surface area contributed by atoms with Gasteiger partial charge < -0.3 is 4.74 Å². The van der Waals surface area contributed by atoms with E-state index in [1.807, 2.05) is 60.7 Å². The smallest absolute Gasteiger partial charge is 0.254 e. The number of allylic oxidation sites excluding steroid dienone is 2. The van der Waals surface area contributed by atoms with Gasteiger partial charge in [0.2, 0.25) is 0 Å². The number of carbonyl (C=O) groups is 2. The van der Waals surface area contributed by atoms with E-state index in [4.69, 9.17) is 16.3 Å². The summed E-state index contributed by atoms with van der Waals surface area (Å²) in [4.78, 5) is 26.0. The van der Waals surface area contributed by atoms with Gasteiger partial charge in [0, 0.05) is 16.1 Å². The summed E-state index contributed by atoms with van der Waals surface area (Å²) >= 11 is 6.29. The van der Waals surface area contributed by atoms with Crippen LogP contribution in [0.2, 0.25) is 5.02 Å². The highest BCUT2D eigenvalue weighted by atomic mass is 35.5. The molecule has 2 fully saturated rings. The van der Waals surface area contributed by atoms with Crippen LogP contribution in [0.1, 0.15) is 17.5 Å². The van der Waals surface area contributed by atoms with Crippen LogP contribution in [0.5, 0.6) is 5.75 Å². The number of imide groups is 1. The number of halogens is 1. The number of rotatable bonds is 5. The molecule has 1 heterocycles. The lowest BCUT2D eigenvalue weighted by Gasteiger charge is -2.14. The fourth-order valence-electron chi connectivity index (χ4n) is 5.42. The second kappa shape index (κ2) is 7.85. The maximum Gasteiger partial charge on any atom is 0.254 e. The van der Waals surface area contributed by atoms with E-state index in [2.05, 4.69) is 17.3 Å². The SMILES string of the molecule is O=C1[C@@H]2[C@H](C(=O)N1N=Cc1c(OCc3ccccc3Cl)ccc3ccccc13)[C@H]1C=C[C@H]2C1.